The highest BCUT2D eigenvalue weighted by Crippen LogP contribution is 2.31. The summed E-state index contributed by atoms with van der Waals surface area (Å²) in [4.78, 5) is 27.7. The smallest absolute Gasteiger partial charge is 0.317 e. The zero-order chi connectivity index (χ0) is 21.3. The van der Waals surface area contributed by atoms with Crippen LogP contribution in [0, 0.1) is 5.92 Å². The molecule has 3 rings (SSSR count). The summed E-state index contributed by atoms with van der Waals surface area (Å²) in [6.45, 7) is 5.87. The third-order valence-electron chi connectivity index (χ3n) is 5.84. The van der Waals surface area contributed by atoms with Crippen LogP contribution in [0.15, 0.2) is 60.7 Å². The van der Waals surface area contributed by atoms with Crippen molar-refractivity contribution in [2.45, 2.75) is 45.1 Å². The number of nitrogens with one attached hydrogen (secondary N) is 2. The van der Waals surface area contributed by atoms with E-state index in [0.29, 0.717) is 19.6 Å². The molecule has 5 nitrogen and oxygen atoms in total. The van der Waals surface area contributed by atoms with E-state index in [0.717, 1.165) is 24.8 Å². The number of rotatable bonds is 7. The first-order valence-electron chi connectivity index (χ1n) is 11.0. The Labute approximate surface area is 179 Å². The van der Waals surface area contributed by atoms with Gasteiger partial charge in [-0.2, -0.15) is 0 Å². The molecular formula is C25H33N3O2. The average Bonchev–Trinajstić information content (AvgIpc) is 2.80. The van der Waals surface area contributed by atoms with Crippen LogP contribution in [-0.4, -0.2) is 36.5 Å². The molecule has 2 aromatic rings. The van der Waals surface area contributed by atoms with Crippen molar-refractivity contribution in [3.05, 3.63) is 71.8 Å². The van der Waals surface area contributed by atoms with E-state index in [-0.39, 0.29) is 29.8 Å². The molecule has 1 aliphatic rings. The molecule has 0 unspecified atom stereocenters. The molecular weight excluding hydrogens is 374 g/mol. The summed E-state index contributed by atoms with van der Waals surface area (Å²) >= 11 is 0. The van der Waals surface area contributed by atoms with Crippen molar-refractivity contribution in [2.24, 2.45) is 5.92 Å². The Balaban J connectivity index is 1.71. The van der Waals surface area contributed by atoms with Crippen molar-refractivity contribution >= 4 is 11.9 Å². The van der Waals surface area contributed by atoms with E-state index >= 15 is 0 Å². The largest absolute Gasteiger partial charge is 0.349 e. The highest BCUT2D eigenvalue weighted by molar-refractivity contribution is 5.81. The molecule has 0 saturated carbocycles. The van der Waals surface area contributed by atoms with Crippen LogP contribution in [-0.2, 0) is 4.79 Å². The molecule has 0 radical (unpaired) electrons. The number of hydrogen-bond donors (Lipinski definition) is 2. The summed E-state index contributed by atoms with van der Waals surface area (Å²) in [6, 6.07) is 20.0. The molecule has 30 heavy (non-hydrogen) atoms. The van der Waals surface area contributed by atoms with Crippen LogP contribution in [0.5, 0.6) is 0 Å². The second kappa shape index (κ2) is 10.8. The van der Waals surface area contributed by atoms with E-state index < -0.39 is 0 Å². The summed E-state index contributed by atoms with van der Waals surface area (Å²) in [6.07, 6.45) is 2.74. The number of carbonyl (C=O) groups is 2. The molecule has 0 aromatic heterocycles. The molecule has 160 valence electrons. The van der Waals surface area contributed by atoms with Crippen molar-refractivity contribution in [3.8, 4) is 0 Å². The Morgan fingerprint density at radius 1 is 1.03 bits per heavy atom. The Bertz CT molecular complexity index is 810. The Morgan fingerprint density at radius 2 is 1.70 bits per heavy atom. The van der Waals surface area contributed by atoms with Gasteiger partial charge >= 0.3 is 6.03 Å². The summed E-state index contributed by atoms with van der Waals surface area (Å²) < 4.78 is 0. The fourth-order valence-electron chi connectivity index (χ4n) is 4.06. The number of nitrogens with zero attached hydrogens (tertiary/aromatic N) is 1. The summed E-state index contributed by atoms with van der Waals surface area (Å²) in [5.74, 6) is -0.0648. The Hall–Kier alpha value is -2.82. The van der Waals surface area contributed by atoms with Crippen LogP contribution < -0.4 is 10.6 Å². The predicted molar refractivity (Wildman–Crippen MR) is 120 cm³/mol. The number of carbonyl (C=O) groups excluding carboxylic acids is 2. The molecule has 5 heteroatoms. The first-order chi connectivity index (χ1) is 14.6. The maximum Gasteiger partial charge on any atom is 0.317 e. The molecule has 2 N–H and O–H groups in total. The number of hydrogen-bond acceptors (Lipinski definition) is 2. The molecule has 1 fully saturated rings. The van der Waals surface area contributed by atoms with E-state index in [1.165, 1.54) is 5.56 Å². The lowest BCUT2D eigenvalue weighted by Crippen LogP contribution is -2.51. The van der Waals surface area contributed by atoms with Gasteiger partial charge in [0, 0.05) is 25.6 Å². The molecule has 0 aliphatic carbocycles. The number of amides is 3. The topological polar surface area (TPSA) is 61.4 Å². The zero-order valence-electron chi connectivity index (χ0n) is 18.0. The van der Waals surface area contributed by atoms with Gasteiger partial charge in [0.25, 0.3) is 0 Å². The van der Waals surface area contributed by atoms with Crippen LogP contribution in [0.3, 0.4) is 0 Å². The Kier molecular flexibility index (Phi) is 7.89. The van der Waals surface area contributed by atoms with E-state index in [4.69, 9.17) is 0 Å². The van der Waals surface area contributed by atoms with Crippen molar-refractivity contribution in [1.82, 2.24) is 15.5 Å². The minimum Gasteiger partial charge on any atom is -0.349 e. The Morgan fingerprint density at radius 3 is 2.37 bits per heavy atom. The highest BCUT2D eigenvalue weighted by Gasteiger charge is 2.34. The fraction of sp³-hybridized carbons (Fsp3) is 0.440. The molecule has 3 atom stereocenters. The zero-order valence-corrected chi connectivity index (χ0v) is 18.0. The van der Waals surface area contributed by atoms with Gasteiger partial charge in [0.2, 0.25) is 5.91 Å². The van der Waals surface area contributed by atoms with Gasteiger partial charge in [-0.1, -0.05) is 74.0 Å². The van der Waals surface area contributed by atoms with Gasteiger partial charge < -0.3 is 15.5 Å². The molecule has 1 heterocycles. The van der Waals surface area contributed by atoms with Crippen LogP contribution in [0.4, 0.5) is 4.79 Å². The number of urea groups is 1. The first-order valence-corrected chi connectivity index (χ1v) is 11.0. The SMILES string of the molecule is CCCCNC(=O)N1C[C@H](C(=O)N[C@@H](C)c2ccccc2)C[C@@H](c2ccccc2)C1. The summed E-state index contributed by atoms with van der Waals surface area (Å²) in [5.41, 5.74) is 2.26. The van der Waals surface area contributed by atoms with Crippen molar-refractivity contribution in [2.75, 3.05) is 19.6 Å². The van der Waals surface area contributed by atoms with E-state index in [2.05, 4.69) is 29.7 Å². The van der Waals surface area contributed by atoms with Gasteiger partial charge in [-0.05, 0) is 30.9 Å². The number of benzene rings is 2. The number of piperidine rings is 1. The molecule has 1 aliphatic heterocycles. The van der Waals surface area contributed by atoms with Crippen molar-refractivity contribution < 1.29 is 9.59 Å². The second-order valence-corrected chi connectivity index (χ2v) is 8.17. The molecule has 2 aromatic carbocycles. The van der Waals surface area contributed by atoms with Crippen LogP contribution in [0.25, 0.3) is 0 Å². The lowest BCUT2D eigenvalue weighted by Gasteiger charge is -2.37. The van der Waals surface area contributed by atoms with Gasteiger partial charge in [0.15, 0.2) is 0 Å². The molecule has 3 amide bonds. The maximum absolute atomic E-state index is 13.1. The minimum absolute atomic E-state index is 0.0124. The quantitative estimate of drug-likeness (QED) is 0.665. The standard InChI is InChI=1S/C25H33N3O2/c1-3-4-15-26-25(30)28-17-22(21-13-9-6-10-14-21)16-23(18-28)24(29)27-19(2)20-11-7-5-8-12-20/h5-14,19,22-23H,3-4,15-18H2,1-2H3,(H,26,30)(H,27,29)/t19-,22+,23+/m0/s1. The van der Waals surface area contributed by atoms with Gasteiger partial charge in [0.05, 0.1) is 12.0 Å². The lowest BCUT2D eigenvalue weighted by molar-refractivity contribution is -0.127. The monoisotopic (exact) mass is 407 g/mol. The highest BCUT2D eigenvalue weighted by atomic mass is 16.2. The molecule has 1 saturated heterocycles. The van der Waals surface area contributed by atoms with Crippen LogP contribution >= 0.6 is 0 Å². The number of unbranched alkanes of at least 4 members (excludes halogenated alkanes) is 1. The fourth-order valence-corrected chi connectivity index (χ4v) is 4.06. The third kappa shape index (κ3) is 5.85. The van der Waals surface area contributed by atoms with Crippen LogP contribution in [0.1, 0.15) is 56.2 Å². The number of likely N-dealkylation sites (tertiary alicyclic amines) is 1. The van der Waals surface area contributed by atoms with Crippen molar-refractivity contribution in [1.29, 1.82) is 0 Å². The molecule has 0 bridgehead atoms. The van der Waals surface area contributed by atoms with Gasteiger partial charge in [-0.25, -0.2) is 4.79 Å². The van der Waals surface area contributed by atoms with Gasteiger partial charge in [-0.15, -0.1) is 0 Å². The third-order valence-corrected chi connectivity index (χ3v) is 5.84. The van der Waals surface area contributed by atoms with Crippen molar-refractivity contribution in [3.63, 3.8) is 0 Å². The van der Waals surface area contributed by atoms with Crippen LogP contribution in [0.2, 0.25) is 0 Å². The average molecular weight is 408 g/mol. The molecule has 0 spiro atoms. The normalized spacial score (nSPS) is 19.7. The lowest BCUT2D eigenvalue weighted by atomic mass is 9.84. The maximum atomic E-state index is 13.1. The van der Waals surface area contributed by atoms with Gasteiger partial charge in [0.1, 0.15) is 0 Å². The summed E-state index contributed by atoms with van der Waals surface area (Å²) in [5, 5.41) is 6.16. The van der Waals surface area contributed by atoms with E-state index in [9.17, 15) is 9.59 Å². The second-order valence-electron chi connectivity index (χ2n) is 8.17. The first kappa shape index (κ1) is 21.9. The van der Waals surface area contributed by atoms with Gasteiger partial charge in [-0.3, -0.25) is 4.79 Å². The summed E-state index contributed by atoms with van der Waals surface area (Å²) in [7, 11) is 0. The van der Waals surface area contributed by atoms with E-state index in [1.54, 1.807) is 0 Å². The minimum atomic E-state index is -0.230. The van der Waals surface area contributed by atoms with E-state index in [1.807, 2.05) is 60.4 Å². The predicted octanol–water partition coefficient (Wildman–Crippen LogP) is 4.48.